The average Bonchev–Trinajstić information content (AvgIpc) is 3.05. The lowest BCUT2D eigenvalue weighted by molar-refractivity contribution is -0.118. The van der Waals surface area contributed by atoms with E-state index in [1.54, 1.807) is 13.3 Å². The molecule has 1 aromatic heterocycles. The van der Waals surface area contributed by atoms with Crippen LogP contribution in [0.25, 0.3) is 11.3 Å². The summed E-state index contributed by atoms with van der Waals surface area (Å²) >= 11 is 0. The minimum absolute atomic E-state index is 0.221. The van der Waals surface area contributed by atoms with Crippen LogP contribution in [0.4, 0.5) is 0 Å². The molecule has 132 valence electrons. The lowest BCUT2D eigenvalue weighted by atomic mass is 10.1. The van der Waals surface area contributed by atoms with Crippen LogP contribution in [0.3, 0.4) is 0 Å². The summed E-state index contributed by atoms with van der Waals surface area (Å²) in [7, 11) is 1.63. The van der Waals surface area contributed by atoms with Crippen LogP contribution in [0.5, 0.6) is 5.75 Å². The van der Waals surface area contributed by atoms with E-state index in [9.17, 15) is 4.79 Å². The van der Waals surface area contributed by atoms with Crippen LogP contribution in [0.2, 0.25) is 0 Å². The quantitative estimate of drug-likeness (QED) is 0.550. The molecule has 0 atom stereocenters. The van der Waals surface area contributed by atoms with Gasteiger partial charge in [-0.1, -0.05) is 42.5 Å². The molecule has 1 amide bonds. The maximum absolute atomic E-state index is 11.1. The Hall–Kier alpha value is -3.41. The molecule has 0 fully saturated rings. The van der Waals surface area contributed by atoms with Crippen LogP contribution in [-0.4, -0.2) is 29.0 Å². The van der Waals surface area contributed by atoms with Crippen LogP contribution in [0, 0.1) is 0 Å². The second-order valence-electron chi connectivity index (χ2n) is 5.77. The van der Waals surface area contributed by atoms with Gasteiger partial charge in [0, 0.05) is 24.2 Å². The van der Waals surface area contributed by atoms with Gasteiger partial charge >= 0.3 is 0 Å². The summed E-state index contributed by atoms with van der Waals surface area (Å²) in [5.41, 5.74) is 6.07. The Morgan fingerprint density at radius 3 is 2.77 bits per heavy atom. The van der Waals surface area contributed by atoms with Crippen LogP contribution in [0.1, 0.15) is 18.1 Å². The Balaban J connectivity index is 1.96. The second kappa shape index (κ2) is 8.11. The number of ether oxygens (including phenoxy) is 1. The van der Waals surface area contributed by atoms with Gasteiger partial charge in [0.1, 0.15) is 11.4 Å². The molecule has 0 spiro atoms. The van der Waals surface area contributed by atoms with Crippen molar-refractivity contribution >= 4 is 12.1 Å². The monoisotopic (exact) mass is 348 g/mol. The molecule has 0 saturated heterocycles. The predicted molar refractivity (Wildman–Crippen MR) is 101 cm³/mol. The summed E-state index contributed by atoms with van der Waals surface area (Å²) in [4.78, 5) is 11.1. The van der Waals surface area contributed by atoms with E-state index in [2.05, 4.69) is 22.7 Å². The van der Waals surface area contributed by atoms with E-state index in [4.69, 9.17) is 9.84 Å². The lowest BCUT2D eigenvalue weighted by Gasteiger charge is -2.03. The third-order valence-corrected chi connectivity index (χ3v) is 3.75. The number of benzene rings is 2. The minimum atomic E-state index is -0.221. The number of aromatic nitrogens is 2. The summed E-state index contributed by atoms with van der Waals surface area (Å²) in [5.74, 6) is 0.533. The highest BCUT2D eigenvalue weighted by molar-refractivity contribution is 5.89. The molecule has 0 unspecified atom stereocenters. The number of rotatable bonds is 6. The number of nitrogens with one attached hydrogen (secondary N) is 1. The van der Waals surface area contributed by atoms with Crippen molar-refractivity contribution in [2.75, 3.05) is 7.11 Å². The third kappa shape index (κ3) is 4.36. The minimum Gasteiger partial charge on any atom is -0.497 e. The third-order valence-electron chi connectivity index (χ3n) is 3.75. The fourth-order valence-electron chi connectivity index (χ4n) is 2.57. The van der Waals surface area contributed by atoms with E-state index in [0.717, 1.165) is 28.1 Å². The molecular formula is C20H20N4O2. The first-order valence-corrected chi connectivity index (χ1v) is 8.21. The van der Waals surface area contributed by atoms with Gasteiger partial charge < -0.3 is 4.74 Å². The predicted octanol–water partition coefficient (Wildman–Crippen LogP) is 3.08. The zero-order valence-electron chi connectivity index (χ0n) is 14.7. The Bertz CT molecular complexity index is 917. The Kier molecular flexibility index (Phi) is 5.43. The van der Waals surface area contributed by atoms with E-state index in [-0.39, 0.29) is 5.91 Å². The maximum atomic E-state index is 11.1. The van der Waals surface area contributed by atoms with Crippen LogP contribution >= 0.6 is 0 Å². The normalized spacial score (nSPS) is 10.8. The van der Waals surface area contributed by atoms with Gasteiger partial charge in [0.05, 0.1) is 19.9 Å². The number of carbonyl (C=O) groups is 1. The molecule has 2 aromatic carbocycles. The Morgan fingerprint density at radius 1 is 1.23 bits per heavy atom. The van der Waals surface area contributed by atoms with Gasteiger partial charge in [-0.15, -0.1) is 0 Å². The molecule has 0 bridgehead atoms. The van der Waals surface area contributed by atoms with E-state index in [1.807, 2.05) is 53.3 Å². The maximum Gasteiger partial charge on any atom is 0.236 e. The van der Waals surface area contributed by atoms with Gasteiger partial charge in [-0.3, -0.25) is 9.48 Å². The fraction of sp³-hybridized carbons (Fsp3) is 0.150. The SMILES string of the molecule is COc1cccc(-c2nn(Cc3ccccc3)cc2/C=N\NC(C)=O)c1. The molecule has 1 N–H and O–H groups in total. The zero-order valence-corrected chi connectivity index (χ0v) is 14.7. The van der Waals surface area contributed by atoms with E-state index < -0.39 is 0 Å². The molecule has 6 heteroatoms. The number of hydrogen-bond acceptors (Lipinski definition) is 4. The van der Waals surface area contributed by atoms with Crippen molar-refractivity contribution in [3.05, 3.63) is 71.9 Å². The van der Waals surface area contributed by atoms with Crippen molar-refractivity contribution in [1.82, 2.24) is 15.2 Å². The van der Waals surface area contributed by atoms with Crippen molar-refractivity contribution < 1.29 is 9.53 Å². The molecule has 1 heterocycles. The van der Waals surface area contributed by atoms with Gasteiger partial charge in [0.25, 0.3) is 0 Å². The number of nitrogens with zero attached hydrogens (tertiary/aromatic N) is 3. The fourth-order valence-corrected chi connectivity index (χ4v) is 2.57. The van der Waals surface area contributed by atoms with Crippen molar-refractivity contribution in [2.24, 2.45) is 5.10 Å². The molecule has 0 radical (unpaired) electrons. The highest BCUT2D eigenvalue weighted by atomic mass is 16.5. The highest BCUT2D eigenvalue weighted by Gasteiger charge is 2.11. The molecule has 0 aliphatic carbocycles. The van der Waals surface area contributed by atoms with Gasteiger partial charge in [0.15, 0.2) is 0 Å². The number of methoxy groups -OCH3 is 1. The summed E-state index contributed by atoms with van der Waals surface area (Å²) in [6, 6.07) is 17.8. The van der Waals surface area contributed by atoms with E-state index >= 15 is 0 Å². The van der Waals surface area contributed by atoms with Gasteiger partial charge in [-0.05, 0) is 17.7 Å². The topological polar surface area (TPSA) is 68.5 Å². The number of hydrogen-bond donors (Lipinski definition) is 1. The number of carbonyl (C=O) groups excluding carboxylic acids is 1. The number of hydrazone groups is 1. The first kappa shape index (κ1) is 17.4. The average molecular weight is 348 g/mol. The molecule has 3 rings (SSSR count). The second-order valence-corrected chi connectivity index (χ2v) is 5.77. The molecule has 3 aromatic rings. The summed E-state index contributed by atoms with van der Waals surface area (Å²) in [6.45, 7) is 2.06. The Labute approximate surface area is 152 Å². The van der Waals surface area contributed by atoms with Crippen molar-refractivity contribution in [1.29, 1.82) is 0 Å². The molecular weight excluding hydrogens is 328 g/mol. The van der Waals surface area contributed by atoms with Crippen molar-refractivity contribution in [3.63, 3.8) is 0 Å². The zero-order chi connectivity index (χ0) is 18.4. The van der Waals surface area contributed by atoms with Crippen LogP contribution in [0.15, 0.2) is 65.9 Å². The van der Waals surface area contributed by atoms with E-state index in [1.165, 1.54) is 6.92 Å². The Morgan fingerprint density at radius 2 is 2.04 bits per heavy atom. The van der Waals surface area contributed by atoms with Crippen molar-refractivity contribution in [2.45, 2.75) is 13.5 Å². The molecule has 6 nitrogen and oxygen atoms in total. The van der Waals surface area contributed by atoms with Gasteiger partial charge in [-0.25, -0.2) is 5.43 Å². The molecule has 0 aliphatic heterocycles. The first-order chi connectivity index (χ1) is 12.7. The molecule has 0 saturated carbocycles. The van der Waals surface area contributed by atoms with Gasteiger partial charge in [-0.2, -0.15) is 10.2 Å². The van der Waals surface area contributed by atoms with E-state index in [0.29, 0.717) is 6.54 Å². The van der Waals surface area contributed by atoms with Gasteiger partial charge in [0.2, 0.25) is 5.91 Å². The van der Waals surface area contributed by atoms with Crippen molar-refractivity contribution in [3.8, 4) is 17.0 Å². The molecule has 0 aliphatic rings. The summed E-state index contributed by atoms with van der Waals surface area (Å²) in [5, 5.41) is 8.69. The highest BCUT2D eigenvalue weighted by Crippen LogP contribution is 2.25. The lowest BCUT2D eigenvalue weighted by Crippen LogP contribution is -2.12. The smallest absolute Gasteiger partial charge is 0.236 e. The van der Waals surface area contributed by atoms with Crippen LogP contribution in [-0.2, 0) is 11.3 Å². The van der Waals surface area contributed by atoms with Crippen LogP contribution < -0.4 is 10.2 Å². The number of amides is 1. The molecule has 26 heavy (non-hydrogen) atoms. The standard InChI is InChI=1S/C20H20N4O2/c1-15(25)22-21-12-18-14-24(13-16-7-4-3-5-8-16)23-20(18)17-9-6-10-19(11-17)26-2/h3-12,14H,13H2,1-2H3,(H,22,25)/b21-12-. The first-order valence-electron chi connectivity index (χ1n) is 8.21. The summed E-state index contributed by atoms with van der Waals surface area (Å²) < 4.78 is 7.17. The largest absolute Gasteiger partial charge is 0.497 e. The summed E-state index contributed by atoms with van der Waals surface area (Å²) in [6.07, 6.45) is 3.51.